The van der Waals surface area contributed by atoms with Gasteiger partial charge in [0.15, 0.2) is 0 Å². The van der Waals surface area contributed by atoms with Crippen LogP contribution in [0.2, 0.25) is 0 Å². The molecule has 0 fully saturated rings. The Labute approximate surface area is 172 Å². The summed E-state index contributed by atoms with van der Waals surface area (Å²) in [6.07, 6.45) is 2.11. The summed E-state index contributed by atoms with van der Waals surface area (Å²) in [4.78, 5) is 38.4. The van der Waals surface area contributed by atoms with Gasteiger partial charge in [0.25, 0.3) is 0 Å². The third-order valence-corrected chi connectivity index (χ3v) is 4.12. The van der Waals surface area contributed by atoms with Gasteiger partial charge in [0.1, 0.15) is 23.9 Å². The molecule has 3 amide bonds. The Bertz CT molecular complexity index is 700. The van der Waals surface area contributed by atoms with E-state index in [1.807, 2.05) is 0 Å². The van der Waals surface area contributed by atoms with Gasteiger partial charge in [-0.2, -0.15) is 0 Å². The van der Waals surface area contributed by atoms with Crippen LogP contribution in [0.1, 0.15) is 58.6 Å². The Morgan fingerprint density at radius 3 is 2.38 bits per heavy atom. The summed E-state index contributed by atoms with van der Waals surface area (Å²) in [7, 11) is 1.46. The van der Waals surface area contributed by atoms with Crippen molar-refractivity contribution in [1.82, 2.24) is 15.5 Å². The first-order chi connectivity index (χ1) is 13.6. The molecule has 1 atom stereocenters. The van der Waals surface area contributed by atoms with Crippen molar-refractivity contribution in [2.45, 2.75) is 58.6 Å². The van der Waals surface area contributed by atoms with Crippen molar-refractivity contribution < 1.29 is 24.2 Å². The molecule has 1 rings (SSSR count). The molecule has 0 saturated heterocycles. The summed E-state index contributed by atoms with van der Waals surface area (Å²) in [5.74, 6) is -0.968. The highest BCUT2D eigenvalue weighted by Gasteiger charge is 2.30. The lowest BCUT2D eigenvalue weighted by molar-refractivity contribution is -0.138. The minimum Gasteiger partial charge on any atom is -0.508 e. The van der Waals surface area contributed by atoms with Crippen LogP contribution in [-0.2, 0) is 14.3 Å². The van der Waals surface area contributed by atoms with Crippen molar-refractivity contribution in [3.8, 4) is 5.75 Å². The molecule has 3 N–H and O–H groups in total. The van der Waals surface area contributed by atoms with Crippen LogP contribution < -0.4 is 10.6 Å². The highest BCUT2D eigenvalue weighted by Crippen LogP contribution is 2.28. The molecule has 162 valence electrons. The zero-order chi connectivity index (χ0) is 22.0. The van der Waals surface area contributed by atoms with Crippen molar-refractivity contribution in [3.63, 3.8) is 0 Å². The maximum Gasteiger partial charge on any atom is 0.408 e. The van der Waals surface area contributed by atoms with E-state index in [0.717, 1.165) is 19.3 Å². The third-order valence-electron chi connectivity index (χ3n) is 4.12. The average molecular weight is 408 g/mol. The van der Waals surface area contributed by atoms with E-state index in [2.05, 4.69) is 17.6 Å². The van der Waals surface area contributed by atoms with Crippen LogP contribution in [0.25, 0.3) is 0 Å². The molecule has 0 bridgehead atoms. The molecule has 1 unspecified atom stereocenters. The molecule has 29 heavy (non-hydrogen) atoms. The van der Waals surface area contributed by atoms with Gasteiger partial charge in [-0.15, -0.1) is 0 Å². The minimum absolute atomic E-state index is 0.0824. The fourth-order valence-electron chi connectivity index (χ4n) is 2.66. The molecule has 1 aromatic rings. The Hall–Kier alpha value is -2.77. The quantitative estimate of drug-likeness (QED) is 0.546. The van der Waals surface area contributed by atoms with E-state index in [1.54, 1.807) is 39.0 Å². The van der Waals surface area contributed by atoms with Gasteiger partial charge < -0.3 is 25.4 Å². The summed E-state index contributed by atoms with van der Waals surface area (Å²) in [6.45, 7) is 7.37. The molecule has 1 aromatic carbocycles. The number of rotatable bonds is 9. The zero-order valence-electron chi connectivity index (χ0n) is 17.9. The number of carbonyl (C=O) groups excluding carboxylic acids is 3. The molecule has 0 aliphatic carbocycles. The number of alkyl carbamates (subject to hydrolysis) is 1. The molecule has 0 saturated carbocycles. The molecule has 8 nitrogen and oxygen atoms in total. The van der Waals surface area contributed by atoms with Crippen molar-refractivity contribution >= 4 is 17.9 Å². The molecule has 8 heteroatoms. The van der Waals surface area contributed by atoms with Crippen LogP contribution in [0.4, 0.5) is 4.79 Å². The van der Waals surface area contributed by atoms with Crippen molar-refractivity contribution in [1.29, 1.82) is 0 Å². The molecule has 0 radical (unpaired) electrons. The molecular formula is C21H33N3O5. The number of unbranched alkanes of at least 4 members (excludes halogenated alkanes) is 2. The summed E-state index contributed by atoms with van der Waals surface area (Å²) in [6, 6.07) is 5.36. The first-order valence-electron chi connectivity index (χ1n) is 9.85. The monoisotopic (exact) mass is 407 g/mol. The van der Waals surface area contributed by atoms with E-state index in [0.29, 0.717) is 12.1 Å². The SMILES string of the molecule is CCCCCNC(=O)C(c1ccccc1O)N(C)C(=O)CNC(=O)OC(C)(C)C. The second-order valence-corrected chi connectivity index (χ2v) is 7.82. The Kier molecular flexibility index (Phi) is 9.44. The lowest BCUT2D eigenvalue weighted by Gasteiger charge is -2.28. The van der Waals surface area contributed by atoms with E-state index in [1.165, 1.54) is 18.0 Å². The number of benzene rings is 1. The second kappa shape index (κ2) is 11.3. The highest BCUT2D eigenvalue weighted by molar-refractivity contribution is 5.90. The number of amides is 3. The Morgan fingerprint density at radius 1 is 1.14 bits per heavy atom. The molecule has 0 spiro atoms. The van der Waals surface area contributed by atoms with Crippen molar-refractivity contribution in [2.24, 2.45) is 0 Å². The number of aromatic hydroxyl groups is 1. The number of ether oxygens (including phenoxy) is 1. The van der Waals surface area contributed by atoms with E-state index in [9.17, 15) is 19.5 Å². The van der Waals surface area contributed by atoms with Gasteiger partial charge in [0, 0.05) is 19.2 Å². The maximum absolute atomic E-state index is 12.8. The summed E-state index contributed by atoms with van der Waals surface area (Å²) in [5.41, 5.74) is -0.371. The minimum atomic E-state index is -1.02. The van der Waals surface area contributed by atoms with Crippen LogP contribution in [0.15, 0.2) is 24.3 Å². The third kappa shape index (κ3) is 8.41. The summed E-state index contributed by atoms with van der Waals surface area (Å²) >= 11 is 0. The zero-order valence-corrected chi connectivity index (χ0v) is 17.9. The van der Waals surface area contributed by atoms with Gasteiger partial charge in [-0.25, -0.2) is 4.79 Å². The topological polar surface area (TPSA) is 108 Å². The van der Waals surface area contributed by atoms with E-state index < -0.39 is 29.6 Å². The number of hydrogen-bond acceptors (Lipinski definition) is 5. The predicted molar refractivity (Wildman–Crippen MR) is 110 cm³/mol. The number of carbonyl (C=O) groups is 3. The highest BCUT2D eigenvalue weighted by atomic mass is 16.6. The molecular weight excluding hydrogens is 374 g/mol. The number of nitrogens with one attached hydrogen (secondary N) is 2. The predicted octanol–water partition coefficient (Wildman–Crippen LogP) is 2.72. The molecule has 0 heterocycles. The summed E-state index contributed by atoms with van der Waals surface area (Å²) in [5, 5.41) is 15.4. The van der Waals surface area contributed by atoms with Crippen LogP contribution >= 0.6 is 0 Å². The number of phenols is 1. The van der Waals surface area contributed by atoms with Gasteiger partial charge in [-0.1, -0.05) is 38.0 Å². The number of phenolic OH excluding ortho intramolecular Hbond substituents is 1. The first-order valence-corrected chi connectivity index (χ1v) is 9.85. The van der Waals surface area contributed by atoms with Crippen molar-refractivity contribution in [2.75, 3.05) is 20.1 Å². The first kappa shape index (κ1) is 24.3. The lowest BCUT2D eigenvalue weighted by atomic mass is 10.0. The van der Waals surface area contributed by atoms with Gasteiger partial charge in [-0.05, 0) is 33.3 Å². The maximum atomic E-state index is 12.8. The van der Waals surface area contributed by atoms with Gasteiger partial charge in [-0.3, -0.25) is 9.59 Å². The second-order valence-electron chi connectivity index (χ2n) is 7.82. The van der Waals surface area contributed by atoms with Crippen LogP contribution in [0.3, 0.4) is 0 Å². The van der Waals surface area contributed by atoms with E-state index in [-0.39, 0.29) is 12.3 Å². The molecule has 0 aromatic heterocycles. The van der Waals surface area contributed by atoms with Crippen molar-refractivity contribution in [3.05, 3.63) is 29.8 Å². The summed E-state index contributed by atoms with van der Waals surface area (Å²) < 4.78 is 5.12. The Balaban J connectivity index is 2.88. The van der Waals surface area contributed by atoms with Crippen LogP contribution in [0.5, 0.6) is 5.75 Å². The largest absolute Gasteiger partial charge is 0.508 e. The molecule has 0 aliphatic heterocycles. The molecule has 0 aliphatic rings. The van der Waals surface area contributed by atoms with Crippen LogP contribution in [-0.4, -0.2) is 53.7 Å². The smallest absolute Gasteiger partial charge is 0.408 e. The van der Waals surface area contributed by atoms with Crippen LogP contribution in [0, 0.1) is 0 Å². The van der Waals surface area contributed by atoms with Gasteiger partial charge in [0.05, 0.1) is 0 Å². The number of para-hydroxylation sites is 1. The van der Waals surface area contributed by atoms with Gasteiger partial charge >= 0.3 is 6.09 Å². The lowest BCUT2D eigenvalue weighted by Crippen LogP contribution is -2.46. The fraction of sp³-hybridized carbons (Fsp3) is 0.571. The standard InChI is InChI=1S/C21H33N3O5/c1-6-7-10-13-22-19(27)18(15-11-8-9-12-16(15)25)24(5)17(26)14-23-20(28)29-21(2,3)4/h8-9,11-12,18,25H,6-7,10,13-14H2,1-5H3,(H,22,27)(H,23,28). The fourth-order valence-corrected chi connectivity index (χ4v) is 2.66. The normalized spacial score (nSPS) is 12.0. The average Bonchev–Trinajstić information content (AvgIpc) is 2.63. The van der Waals surface area contributed by atoms with E-state index in [4.69, 9.17) is 4.74 Å². The number of likely N-dealkylation sites (N-methyl/N-ethyl adjacent to an activating group) is 1. The Morgan fingerprint density at radius 2 is 1.79 bits per heavy atom. The number of nitrogens with zero attached hydrogens (tertiary/aromatic N) is 1. The number of hydrogen-bond donors (Lipinski definition) is 3. The van der Waals surface area contributed by atoms with Gasteiger partial charge in [0.2, 0.25) is 11.8 Å². The van der Waals surface area contributed by atoms with E-state index >= 15 is 0 Å².